The number of aliphatic carboxylic acids is 1. The smallest absolute Gasteiger partial charge is 0.481 e. The maximum absolute atomic E-state index is 12.8. The second kappa shape index (κ2) is 5.85. The number of benzene rings is 1. The van der Waals surface area contributed by atoms with Crippen LogP contribution in [0.25, 0.3) is 0 Å². The Hall–Kier alpha value is -1.86. The van der Waals surface area contributed by atoms with E-state index in [0.29, 0.717) is 0 Å². The normalized spacial score (nSPS) is 11.7. The lowest BCUT2D eigenvalue weighted by Crippen LogP contribution is -2.18. The molecule has 0 fully saturated rings. The molecule has 1 rings (SSSR count). The summed E-state index contributed by atoms with van der Waals surface area (Å²) in [4.78, 5) is 10.4. The third-order valence-electron chi connectivity index (χ3n) is 2.21. The summed E-state index contributed by atoms with van der Waals surface area (Å²) in [6, 6.07) is 3.01. The summed E-state index contributed by atoms with van der Waals surface area (Å²) < 4.78 is 65.3. The molecule has 0 bridgehead atoms. The zero-order chi connectivity index (χ0) is 14.6. The molecule has 0 aliphatic heterocycles. The third kappa shape index (κ3) is 4.72. The first-order chi connectivity index (χ1) is 8.70. The van der Waals surface area contributed by atoms with Crippen molar-refractivity contribution in [2.24, 2.45) is 0 Å². The molecule has 0 heterocycles. The van der Waals surface area contributed by atoms with Crippen LogP contribution in [-0.2, 0) is 11.2 Å². The Labute approximate surface area is 104 Å². The highest BCUT2D eigenvalue weighted by Crippen LogP contribution is 2.35. The van der Waals surface area contributed by atoms with Gasteiger partial charge in [-0.05, 0) is 18.1 Å². The number of carboxylic acid groups (broad SMARTS) is 1. The summed E-state index contributed by atoms with van der Waals surface area (Å²) in [6.45, 7) is 0. The maximum atomic E-state index is 12.8. The van der Waals surface area contributed by atoms with Gasteiger partial charge < -0.3 is 9.84 Å². The standard InChI is InChI=1S/C11H9F5O3/c12-10(13)9-6(4-5-8(17)18)2-1-3-7(9)19-11(14,15)16/h1-3,10H,4-5H2,(H,17,18). The van der Waals surface area contributed by atoms with E-state index in [0.717, 1.165) is 18.2 Å². The zero-order valence-corrected chi connectivity index (χ0v) is 9.38. The van der Waals surface area contributed by atoms with Gasteiger partial charge in [0.2, 0.25) is 0 Å². The van der Waals surface area contributed by atoms with Crippen molar-refractivity contribution >= 4 is 5.97 Å². The first-order valence-corrected chi connectivity index (χ1v) is 5.08. The second-order valence-electron chi connectivity index (χ2n) is 3.57. The average Bonchev–Trinajstić information content (AvgIpc) is 2.23. The van der Waals surface area contributed by atoms with E-state index in [1.165, 1.54) is 0 Å². The molecule has 0 saturated heterocycles. The molecule has 106 valence electrons. The van der Waals surface area contributed by atoms with Crippen LogP contribution in [0.1, 0.15) is 24.0 Å². The number of halogens is 5. The molecule has 0 saturated carbocycles. The van der Waals surface area contributed by atoms with Gasteiger partial charge in [-0.2, -0.15) is 0 Å². The summed E-state index contributed by atoms with van der Waals surface area (Å²) in [5.74, 6) is -2.24. The Morgan fingerprint density at radius 3 is 2.42 bits per heavy atom. The fraction of sp³-hybridized carbons (Fsp3) is 0.364. The number of hydrogen-bond donors (Lipinski definition) is 1. The van der Waals surface area contributed by atoms with Crippen LogP contribution < -0.4 is 4.74 Å². The molecule has 1 aromatic rings. The van der Waals surface area contributed by atoms with Crippen LogP contribution in [0.15, 0.2) is 18.2 Å². The lowest BCUT2D eigenvalue weighted by atomic mass is 10.0. The molecule has 1 N–H and O–H groups in total. The Kier molecular flexibility index (Phi) is 4.68. The van der Waals surface area contributed by atoms with Crippen LogP contribution in [0.3, 0.4) is 0 Å². The van der Waals surface area contributed by atoms with E-state index in [4.69, 9.17) is 5.11 Å². The van der Waals surface area contributed by atoms with E-state index in [1.54, 1.807) is 0 Å². The van der Waals surface area contributed by atoms with Gasteiger partial charge in [0.1, 0.15) is 5.75 Å². The van der Waals surface area contributed by atoms with Crippen LogP contribution in [0.5, 0.6) is 5.75 Å². The first-order valence-electron chi connectivity index (χ1n) is 5.08. The van der Waals surface area contributed by atoms with E-state index < -0.39 is 36.5 Å². The fourth-order valence-corrected chi connectivity index (χ4v) is 1.51. The molecular formula is C11H9F5O3. The van der Waals surface area contributed by atoms with Gasteiger partial charge in [0.25, 0.3) is 6.43 Å². The van der Waals surface area contributed by atoms with Crippen LogP contribution in [0, 0.1) is 0 Å². The topological polar surface area (TPSA) is 46.5 Å². The number of ether oxygens (including phenoxy) is 1. The Bertz CT molecular complexity index is 456. The van der Waals surface area contributed by atoms with Crippen molar-refractivity contribution in [3.63, 3.8) is 0 Å². The second-order valence-corrected chi connectivity index (χ2v) is 3.57. The Balaban J connectivity index is 3.10. The van der Waals surface area contributed by atoms with Crippen molar-refractivity contribution < 1.29 is 36.6 Å². The van der Waals surface area contributed by atoms with E-state index in [9.17, 15) is 26.7 Å². The molecule has 0 aliphatic rings. The molecule has 0 spiro atoms. The predicted octanol–water partition coefficient (Wildman–Crippen LogP) is 3.54. The van der Waals surface area contributed by atoms with Gasteiger partial charge in [-0.3, -0.25) is 4.79 Å². The van der Waals surface area contributed by atoms with Gasteiger partial charge in [0, 0.05) is 6.42 Å². The minimum atomic E-state index is -5.09. The highest BCUT2D eigenvalue weighted by Gasteiger charge is 2.33. The molecule has 3 nitrogen and oxygen atoms in total. The zero-order valence-electron chi connectivity index (χ0n) is 9.38. The summed E-state index contributed by atoms with van der Waals surface area (Å²) in [5, 5.41) is 8.46. The SMILES string of the molecule is O=C(O)CCc1cccc(OC(F)(F)F)c1C(F)F. The molecule has 0 atom stereocenters. The first kappa shape index (κ1) is 15.2. The molecular weight excluding hydrogens is 275 g/mol. The largest absolute Gasteiger partial charge is 0.573 e. The summed E-state index contributed by atoms with van der Waals surface area (Å²) in [6.07, 6.45) is -9.05. The number of carbonyl (C=O) groups is 1. The summed E-state index contributed by atoms with van der Waals surface area (Å²) >= 11 is 0. The third-order valence-corrected chi connectivity index (χ3v) is 2.21. The molecule has 0 unspecified atom stereocenters. The van der Waals surface area contributed by atoms with Gasteiger partial charge in [-0.1, -0.05) is 12.1 Å². The van der Waals surface area contributed by atoms with Gasteiger partial charge in [0.05, 0.1) is 5.56 Å². The number of rotatable bonds is 5. The molecule has 1 aromatic carbocycles. The van der Waals surface area contributed by atoms with Crippen molar-refractivity contribution in [3.05, 3.63) is 29.3 Å². The lowest BCUT2D eigenvalue weighted by Gasteiger charge is -2.15. The maximum Gasteiger partial charge on any atom is 0.573 e. The molecule has 0 amide bonds. The number of aryl methyl sites for hydroxylation is 1. The number of hydrogen-bond acceptors (Lipinski definition) is 2. The Morgan fingerprint density at radius 1 is 1.32 bits per heavy atom. The van der Waals surface area contributed by atoms with E-state index in [2.05, 4.69) is 4.74 Å². The van der Waals surface area contributed by atoms with Crippen LogP contribution in [0.2, 0.25) is 0 Å². The minimum Gasteiger partial charge on any atom is -0.481 e. The monoisotopic (exact) mass is 284 g/mol. The highest BCUT2D eigenvalue weighted by molar-refractivity contribution is 5.67. The number of alkyl halides is 5. The molecule has 8 heteroatoms. The Morgan fingerprint density at radius 2 is 1.95 bits per heavy atom. The van der Waals surface area contributed by atoms with Crippen molar-refractivity contribution in [1.29, 1.82) is 0 Å². The van der Waals surface area contributed by atoms with E-state index in [-0.39, 0.29) is 12.0 Å². The molecule has 0 aliphatic carbocycles. The molecule has 0 radical (unpaired) electrons. The highest BCUT2D eigenvalue weighted by atomic mass is 19.4. The van der Waals surface area contributed by atoms with Crippen LogP contribution in [-0.4, -0.2) is 17.4 Å². The van der Waals surface area contributed by atoms with Crippen molar-refractivity contribution in [3.8, 4) is 5.75 Å². The fourth-order valence-electron chi connectivity index (χ4n) is 1.51. The van der Waals surface area contributed by atoms with Crippen LogP contribution >= 0.6 is 0 Å². The predicted molar refractivity (Wildman–Crippen MR) is 54.0 cm³/mol. The van der Waals surface area contributed by atoms with Crippen molar-refractivity contribution in [2.45, 2.75) is 25.6 Å². The summed E-state index contributed by atoms with van der Waals surface area (Å²) in [5.41, 5.74) is -1.11. The van der Waals surface area contributed by atoms with Crippen molar-refractivity contribution in [2.75, 3.05) is 0 Å². The van der Waals surface area contributed by atoms with Crippen LogP contribution in [0.4, 0.5) is 22.0 Å². The van der Waals surface area contributed by atoms with Crippen molar-refractivity contribution in [1.82, 2.24) is 0 Å². The lowest BCUT2D eigenvalue weighted by molar-refractivity contribution is -0.275. The van der Waals surface area contributed by atoms with Gasteiger partial charge >= 0.3 is 12.3 Å². The van der Waals surface area contributed by atoms with Gasteiger partial charge in [0.15, 0.2) is 0 Å². The quantitative estimate of drug-likeness (QED) is 0.841. The molecule has 0 aromatic heterocycles. The molecule has 19 heavy (non-hydrogen) atoms. The van der Waals surface area contributed by atoms with Gasteiger partial charge in [-0.15, -0.1) is 13.2 Å². The van der Waals surface area contributed by atoms with E-state index >= 15 is 0 Å². The van der Waals surface area contributed by atoms with E-state index in [1.807, 2.05) is 0 Å². The average molecular weight is 284 g/mol. The summed E-state index contributed by atoms with van der Waals surface area (Å²) in [7, 11) is 0. The number of carboxylic acids is 1. The minimum absolute atomic E-state index is 0.181. The van der Waals surface area contributed by atoms with Gasteiger partial charge in [-0.25, -0.2) is 8.78 Å².